The van der Waals surface area contributed by atoms with Crippen molar-refractivity contribution >= 4 is 40.8 Å². The highest BCUT2D eigenvalue weighted by atomic mass is 32.2. The first-order valence-corrected chi connectivity index (χ1v) is 11.4. The summed E-state index contributed by atoms with van der Waals surface area (Å²) >= 11 is 5.74. The summed E-state index contributed by atoms with van der Waals surface area (Å²) in [5.41, 5.74) is 2.05. The van der Waals surface area contributed by atoms with Crippen LogP contribution < -0.4 is 5.32 Å². The molecule has 1 fully saturated rings. The Morgan fingerprint density at radius 1 is 1.20 bits per heavy atom. The minimum Gasteiger partial charge on any atom is -0.350 e. The van der Waals surface area contributed by atoms with Gasteiger partial charge in [-0.25, -0.2) is 0 Å². The lowest BCUT2D eigenvalue weighted by molar-refractivity contribution is 0.0942. The number of benzene rings is 1. The highest BCUT2D eigenvalue weighted by Gasteiger charge is 2.18. The van der Waals surface area contributed by atoms with Crippen molar-refractivity contribution < 1.29 is 4.79 Å². The maximum Gasteiger partial charge on any atom is 0.251 e. The molecule has 1 aromatic carbocycles. The molecule has 3 rings (SSSR count). The number of carbonyl (C=O) groups is 1. The maximum atomic E-state index is 12.5. The molecule has 2 aromatic rings. The van der Waals surface area contributed by atoms with E-state index in [9.17, 15) is 4.79 Å². The summed E-state index contributed by atoms with van der Waals surface area (Å²) in [6.07, 6.45) is 1.30. The number of amides is 1. The van der Waals surface area contributed by atoms with Gasteiger partial charge in [-0.2, -0.15) is 0 Å². The van der Waals surface area contributed by atoms with Gasteiger partial charge in [0.1, 0.15) is 0 Å². The fourth-order valence-corrected chi connectivity index (χ4v) is 6.60. The highest BCUT2D eigenvalue weighted by molar-refractivity contribution is 8.16. The Balaban J connectivity index is 1.59. The molecule has 1 aromatic heterocycles. The second-order valence-electron chi connectivity index (χ2n) is 6.25. The zero-order chi connectivity index (χ0) is 17.6. The molecule has 1 saturated heterocycles. The van der Waals surface area contributed by atoms with E-state index < -0.39 is 0 Å². The summed E-state index contributed by atoms with van der Waals surface area (Å²) in [4.78, 5) is 15.9. The van der Waals surface area contributed by atoms with Gasteiger partial charge in [0.15, 0.2) is 0 Å². The van der Waals surface area contributed by atoms with Crippen molar-refractivity contribution in [1.29, 1.82) is 0 Å². The predicted octanol–water partition coefficient (Wildman–Crippen LogP) is 4.65. The SMILES string of the molecule is CN(C)C(CNC(=O)c1ccc(C2SCCCS2)cc1)c1cccs1. The van der Waals surface area contributed by atoms with Crippen LogP contribution >= 0.6 is 34.9 Å². The third kappa shape index (κ3) is 5.03. The number of likely N-dealkylation sites (N-methyl/N-ethyl adjacent to an activating group) is 1. The van der Waals surface area contributed by atoms with Gasteiger partial charge < -0.3 is 10.2 Å². The van der Waals surface area contributed by atoms with Gasteiger partial charge in [0.25, 0.3) is 5.91 Å². The molecule has 134 valence electrons. The molecule has 1 aliphatic heterocycles. The number of hydrogen-bond acceptors (Lipinski definition) is 5. The number of nitrogens with one attached hydrogen (secondary N) is 1. The topological polar surface area (TPSA) is 32.3 Å². The Bertz CT molecular complexity index is 664. The number of carbonyl (C=O) groups excluding carboxylic acids is 1. The summed E-state index contributed by atoms with van der Waals surface area (Å²) < 4.78 is 0.516. The smallest absolute Gasteiger partial charge is 0.251 e. The molecular formula is C19H24N2OS3. The van der Waals surface area contributed by atoms with E-state index in [-0.39, 0.29) is 11.9 Å². The van der Waals surface area contributed by atoms with Gasteiger partial charge in [0.2, 0.25) is 0 Å². The third-order valence-corrected chi connectivity index (χ3v) is 8.21. The lowest BCUT2D eigenvalue weighted by Gasteiger charge is -2.23. The molecule has 3 nitrogen and oxygen atoms in total. The molecule has 1 atom stereocenters. The van der Waals surface area contributed by atoms with Crippen LogP contribution in [-0.4, -0.2) is 43.0 Å². The zero-order valence-corrected chi connectivity index (χ0v) is 17.1. The first-order chi connectivity index (χ1) is 12.1. The van der Waals surface area contributed by atoms with E-state index in [2.05, 4.69) is 39.9 Å². The van der Waals surface area contributed by atoms with E-state index in [1.54, 1.807) is 11.3 Å². The average Bonchev–Trinajstić information content (AvgIpc) is 3.16. The molecule has 1 amide bonds. The highest BCUT2D eigenvalue weighted by Crippen LogP contribution is 2.43. The van der Waals surface area contributed by atoms with Crippen molar-refractivity contribution in [1.82, 2.24) is 10.2 Å². The summed E-state index contributed by atoms with van der Waals surface area (Å²) in [5.74, 6) is 2.46. The Morgan fingerprint density at radius 3 is 2.52 bits per heavy atom. The van der Waals surface area contributed by atoms with E-state index in [1.165, 1.54) is 28.4 Å². The standard InChI is InChI=1S/C19H24N2OS3/c1-21(2)16(17-5-3-10-23-17)13-20-18(22)14-6-8-15(9-7-14)19-24-11-4-12-25-19/h3,5-10,16,19H,4,11-13H2,1-2H3,(H,20,22). The van der Waals surface area contributed by atoms with Crippen molar-refractivity contribution in [3.8, 4) is 0 Å². The van der Waals surface area contributed by atoms with Crippen molar-refractivity contribution in [2.24, 2.45) is 0 Å². The Hall–Kier alpha value is -0.950. The van der Waals surface area contributed by atoms with Crippen LogP contribution in [0.25, 0.3) is 0 Å². The van der Waals surface area contributed by atoms with Gasteiger partial charge in [-0.15, -0.1) is 34.9 Å². The van der Waals surface area contributed by atoms with E-state index in [0.717, 1.165) is 5.56 Å². The van der Waals surface area contributed by atoms with Crippen molar-refractivity contribution in [3.63, 3.8) is 0 Å². The first-order valence-electron chi connectivity index (χ1n) is 8.46. The number of nitrogens with zero attached hydrogens (tertiary/aromatic N) is 1. The molecular weight excluding hydrogens is 368 g/mol. The summed E-state index contributed by atoms with van der Waals surface area (Å²) in [6, 6.07) is 12.5. The Labute approximate surface area is 162 Å². The fraction of sp³-hybridized carbons (Fsp3) is 0.421. The number of hydrogen-bond donors (Lipinski definition) is 1. The molecule has 0 radical (unpaired) electrons. The Kier molecular flexibility index (Phi) is 6.87. The molecule has 1 N–H and O–H groups in total. The fourth-order valence-electron chi connectivity index (χ4n) is 2.78. The zero-order valence-electron chi connectivity index (χ0n) is 14.6. The van der Waals surface area contributed by atoms with Crippen molar-refractivity contribution in [2.75, 3.05) is 32.1 Å². The van der Waals surface area contributed by atoms with Gasteiger partial charge in [0, 0.05) is 17.0 Å². The van der Waals surface area contributed by atoms with Gasteiger partial charge in [0.05, 0.1) is 10.6 Å². The molecule has 1 aliphatic rings. The normalized spacial score (nSPS) is 16.8. The van der Waals surface area contributed by atoms with Gasteiger partial charge in [-0.05, 0) is 61.2 Å². The maximum absolute atomic E-state index is 12.5. The quantitative estimate of drug-likeness (QED) is 0.776. The minimum absolute atomic E-state index is 0.00101. The first kappa shape index (κ1) is 18.8. The van der Waals surface area contributed by atoms with E-state index in [4.69, 9.17) is 0 Å². The Morgan fingerprint density at radius 2 is 1.92 bits per heavy atom. The summed E-state index contributed by atoms with van der Waals surface area (Å²) in [6.45, 7) is 0.614. The number of thioether (sulfide) groups is 2. The van der Waals surface area contributed by atoms with Crippen LogP contribution in [0.4, 0.5) is 0 Å². The largest absolute Gasteiger partial charge is 0.350 e. The second-order valence-corrected chi connectivity index (χ2v) is 9.96. The van der Waals surface area contributed by atoms with Crippen molar-refractivity contribution in [2.45, 2.75) is 17.0 Å². The molecule has 0 aliphatic carbocycles. The van der Waals surface area contributed by atoms with Crippen LogP contribution in [0.15, 0.2) is 41.8 Å². The monoisotopic (exact) mass is 392 g/mol. The summed E-state index contributed by atoms with van der Waals surface area (Å²) in [7, 11) is 4.09. The van der Waals surface area contributed by atoms with Gasteiger partial charge >= 0.3 is 0 Å². The molecule has 2 heterocycles. The van der Waals surface area contributed by atoms with Crippen molar-refractivity contribution in [3.05, 3.63) is 57.8 Å². The molecule has 0 spiro atoms. The van der Waals surface area contributed by atoms with Crippen LogP contribution in [0.1, 0.15) is 37.8 Å². The van der Waals surface area contributed by atoms with Crippen LogP contribution in [-0.2, 0) is 0 Å². The van der Waals surface area contributed by atoms with Crippen LogP contribution in [0.3, 0.4) is 0 Å². The van der Waals surface area contributed by atoms with Crippen LogP contribution in [0, 0.1) is 0 Å². The molecule has 0 bridgehead atoms. The van der Waals surface area contributed by atoms with E-state index in [0.29, 0.717) is 11.1 Å². The van der Waals surface area contributed by atoms with Crippen LogP contribution in [0.5, 0.6) is 0 Å². The lowest BCUT2D eigenvalue weighted by atomic mass is 10.1. The predicted molar refractivity (Wildman–Crippen MR) is 112 cm³/mol. The van der Waals surface area contributed by atoms with Crippen LogP contribution in [0.2, 0.25) is 0 Å². The van der Waals surface area contributed by atoms with E-state index in [1.807, 2.05) is 49.8 Å². The third-order valence-electron chi connectivity index (χ3n) is 4.22. The average molecular weight is 393 g/mol. The van der Waals surface area contributed by atoms with E-state index >= 15 is 0 Å². The number of thiophene rings is 1. The molecule has 1 unspecified atom stereocenters. The minimum atomic E-state index is -0.00101. The molecule has 0 saturated carbocycles. The molecule has 6 heteroatoms. The number of rotatable bonds is 6. The summed E-state index contributed by atoms with van der Waals surface area (Å²) in [5, 5.41) is 5.16. The second kappa shape index (κ2) is 9.12. The molecule has 25 heavy (non-hydrogen) atoms. The lowest BCUT2D eigenvalue weighted by Crippen LogP contribution is -2.34. The van der Waals surface area contributed by atoms with Gasteiger partial charge in [-0.3, -0.25) is 4.79 Å². The van der Waals surface area contributed by atoms with Gasteiger partial charge in [-0.1, -0.05) is 18.2 Å².